The minimum absolute atomic E-state index is 0.0295. The number of hydrogen-bond donors (Lipinski definition) is 2. The molecule has 0 atom stereocenters. The Morgan fingerprint density at radius 3 is 2.50 bits per heavy atom. The van der Waals surface area contributed by atoms with Gasteiger partial charge >= 0.3 is 0 Å². The Morgan fingerprint density at radius 2 is 1.86 bits per heavy atom. The van der Waals surface area contributed by atoms with Gasteiger partial charge in [-0.2, -0.15) is 11.3 Å². The van der Waals surface area contributed by atoms with Gasteiger partial charge in [0.2, 0.25) is 0 Å². The normalized spacial score (nSPS) is 13.8. The predicted molar refractivity (Wildman–Crippen MR) is 146 cm³/mol. The molecule has 9 heteroatoms. The van der Waals surface area contributed by atoms with E-state index < -0.39 is 0 Å². The van der Waals surface area contributed by atoms with Crippen LogP contribution in [-0.2, 0) is 0 Å². The van der Waals surface area contributed by atoms with Crippen molar-refractivity contribution in [2.24, 2.45) is 0 Å². The first-order valence-corrected chi connectivity index (χ1v) is 13.5. The summed E-state index contributed by atoms with van der Waals surface area (Å²) in [4.78, 5) is 29.3. The summed E-state index contributed by atoms with van der Waals surface area (Å²) in [5.74, 6) is 1.28. The fraction of sp³-hybridized carbons (Fsp3) is 0.407. The standard InChI is InChI=1S/C27H33N7OS/c1-17(2)33(18(3)4)13-12-28-25-23-26(34(16-29-23)22-11-14-36-15-22)32-24(31-25)19-5-7-20(8-6-19)27(35)30-21-9-10-21/h5-8,11,14-18,21H,9-10,12-13H2,1-4H3,(H,30,35)(H,28,31,32). The second-order valence-electron chi connectivity index (χ2n) is 9.84. The molecule has 1 amide bonds. The van der Waals surface area contributed by atoms with Crippen LogP contribution in [0.25, 0.3) is 28.2 Å². The van der Waals surface area contributed by atoms with Gasteiger partial charge in [-0.1, -0.05) is 12.1 Å². The summed E-state index contributed by atoms with van der Waals surface area (Å²) < 4.78 is 1.99. The molecule has 0 unspecified atom stereocenters. The zero-order valence-corrected chi connectivity index (χ0v) is 22.0. The molecule has 0 spiro atoms. The molecule has 2 N–H and O–H groups in total. The van der Waals surface area contributed by atoms with Crippen LogP contribution in [0.4, 0.5) is 5.82 Å². The van der Waals surface area contributed by atoms with Crippen LogP contribution >= 0.6 is 11.3 Å². The van der Waals surface area contributed by atoms with Crippen molar-refractivity contribution in [1.29, 1.82) is 0 Å². The molecule has 36 heavy (non-hydrogen) atoms. The maximum atomic E-state index is 12.4. The number of carbonyl (C=O) groups is 1. The van der Waals surface area contributed by atoms with E-state index >= 15 is 0 Å². The second-order valence-corrected chi connectivity index (χ2v) is 10.6. The topological polar surface area (TPSA) is 88.0 Å². The highest BCUT2D eigenvalue weighted by Gasteiger charge is 2.24. The number of nitrogens with zero attached hydrogens (tertiary/aromatic N) is 5. The van der Waals surface area contributed by atoms with Crippen molar-refractivity contribution in [2.75, 3.05) is 18.4 Å². The predicted octanol–water partition coefficient (Wildman–Crippen LogP) is 4.97. The van der Waals surface area contributed by atoms with Crippen molar-refractivity contribution in [3.05, 3.63) is 53.0 Å². The third-order valence-electron chi connectivity index (χ3n) is 6.49. The van der Waals surface area contributed by atoms with Crippen molar-refractivity contribution in [3.63, 3.8) is 0 Å². The number of amides is 1. The molecule has 5 rings (SSSR count). The minimum atomic E-state index is -0.0295. The van der Waals surface area contributed by atoms with Crippen LogP contribution in [0.5, 0.6) is 0 Å². The quantitative estimate of drug-likeness (QED) is 0.318. The van der Waals surface area contributed by atoms with Gasteiger partial charge in [0.1, 0.15) is 6.33 Å². The molecule has 0 radical (unpaired) electrons. The van der Waals surface area contributed by atoms with Crippen molar-refractivity contribution in [1.82, 2.24) is 29.7 Å². The van der Waals surface area contributed by atoms with Gasteiger partial charge in [0.05, 0.1) is 5.69 Å². The maximum absolute atomic E-state index is 12.4. The van der Waals surface area contributed by atoms with Crippen molar-refractivity contribution >= 4 is 34.2 Å². The molecule has 1 fully saturated rings. The Balaban J connectivity index is 1.46. The van der Waals surface area contributed by atoms with E-state index in [2.05, 4.69) is 59.7 Å². The zero-order chi connectivity index (χ0) is 25.2. The summed E-state index contributed by atoms with van der Waals surface area (Å²) in [5, 5.41) is 10.7. The van der Waals surface area contributed by atoms with Crippen LogP contribution in [0.1, 0.15) is 50.9 Å². The maximum Gasteiger partial charge on any atom is 0.251 e. The van der Waals surface area contributed by atoms with E-state index in [-0.39, 0.29) is 5.91 Å². The van der Waals surface area contributed by atoms with Gasteiger partial charge in [0.25, 0.3) is 5.91 Å². The average molecular weight is 504 g/mol. The van der Waals surface area contributed by atoms with Crippen LogP contribution in [0.15, 0.2) is 47.4 Å². The summed E-state index contributed by atoms with van der Waals surface area (Å²) in [6.45, 7) is 10.5. The van der Waals surface area contributed by atoms with E-state index in [4.69, 9.17) is 9.97 Å². The first-order valence-electron chi connectivity index (χ1n) is 12.6. The summed E-state index contributed by atoms with van der Waals surface area (Å²) >= 11 is 1.64. The molecular weight excluding hydrogens is 470 g/mol. The second kappa shape index (κ2) is 10.4. The average Bonchev–Trinajstić information content (AvgIpc) is 3.32. The molecule has 0 bridgehead atoms. The van der Waals surface area contributed by atoms with Crippen molar-refractivity contribution < 1.29 is 4.79 Å². The number of nitrogens with one attached hydrogen (secondary N) is 2. The number of anilines is 1. The highest BCUT2D eigenvalue weighted by Crippen LogP contribution is 2.27. The molecule has 0 saturated heterocycles. The molecular formula is C27H33N7OS. The third-order valence-corrected chi connectivity index (χ3v) is 7.16. The monoisotopic (exact) mass is 503 g/mol. The number of carbonyl (C=O) groups excluding carboxylic acids is 1. The van der Waals surface area contributed by atoms with E-state index in [1.165, 1.54) is 0 Å². The smallest absolute Gasteiger partial charge is 0.251 e. The summed E-state index contributed by atoms with van der Waals surface area (Å²) in [5.41, 5.74) is 4.02. The minimum Gasteiger partial charge on any atom is -0.367 e. The zero-order valence-electron chi connectivity index (χ0n) is 21.2. The van der Waals surface area contributed by atoms with Gasteiger partial charge in [-0.25, -0.2) is 15.0 Å². The Bertz CT molecular complexity index is 1320. The van der Waals surface area contributed by atoms with Gasteiger partial charge < -0.3 is 10.6 Å². The Hall–Kier alpha value is -3.30. The van der Waals surface area contributed by atoms with Crippen LogP contribution < -0.4 is 10.6 Å². The van der Waals surface area contributed by atoms with E-state index in [1.807, 2.05) is 34.2 Å². The molecule has 3 heterocycles. The van der Waals surface area contributed by atoms with Gasteiger partial charge in [0, 0.05) is 47.7 Å². The first-order chi connectivity index (χ1) is 17.4. The molecule has 1 aliphatic rings. The fourth-order valence-corrected chi connectivity index (χ4v) is 5.05. The molecule has 4 aromatic rings. The lowest BCUT2D eigenvalue weighted by molar-refractivity contribution is 0.0951. The molecule has 188 valence electrons. The summed E-state index contributed by atoms with van der Waals surface area (Å²) in [6, 6.07) is 10.8. The Kier molecular flexibility index (Phi) is 7.02. The molecule has 0 aliphatic heterocycles. The molecule has 1 aliphatic carbocycles. The number of benzene rings is 1. The first kappa shape index (κ1) is 24.4. The molecule has 3 aromatic heterocycles. The van der Waals surface area contributed by atoms with Crippen LogP contribution in [0.2, 0.25) is 0 Å². The number of rotatable bonds is 10. The van der Waals surface area contributed by atoms with Crippen molar-refractivity contribution in [3.8, 4) is 17.1 Å². The van der Waals surface area contributed by atoms with Crippen LogP contribution in [-0.4, -0.2) is 61.5 Å². The lowest BCUT2D eigenvalue weighted by Crippen LogP contribution is -2.40. The van der Waals surface area contributed by atoms with Gasteiger partial charge in [0.15, 0.2) is 22.8 Å². The number of aromatic nitrogens is 4. The van der Waals surface area contributed by atoms with E-state index in [0.29, 0.717) is 35.3 Å². The largest absolute Gasteiger partial charge is 0.367 e. The molecule has 1 aromatic carbocycles. The fourth-order valence-electron chi connectivity index (χ4n) is 4.42. The number of imidazole rings is 1. The van der Waals surface area contributed by atoms with Gasteiger partial charge in [-0.15, -0.1) is 0 Å². The molecule has 8 nitrogen and oxygen atoms in total. The number of hydrogen-bond acceptors (Lipinski definition) is 7. The SMILES string of the molecule is CC(C)N(CCNc1nc(-c2ccc(C(=O)NC3CC3)cc2)nc2c1ncn2-c1ccsc1)C(C)C. The lowest BCUT2D eigenvalue weighted by atomic mass is 10.1. The van der Waals surface area contributed by atoms with Gasteiger partial charge in [-0.3, -0.25) is 14.3 Å². The summed E-state index contributed by atoms with van der Waals surface area (Å²) in [7, 11) is 0. The lowest BCUT2D eigenvalue weighted by Gasteiger charge is -2.30. The van der Waals surface area contributed by atoms with E-state index in [0.717, 1.165) is 48.3 Å². The third kappa shape index (κ3) is 5.27. The Morgan fingerprint density at radius 1 is 1.11 bits per heavy atom. The highest BCUT2D eigenvalue weighted by atomic mass is 32.1. The van der Waals surface area contributed by atoms with Crippen molar-refractivity contribution in [2.45, 2.75) is 58.7 Å². The Labute approximate surface area is 215 Å². The molecule has 1 saturated carbocycles. The highest BCUT2D eigenvalue weighted by molar-refractivity contribution is 7.08. The van der Waals surface area contributed by atoms with Gasteiger partial charge in [-0.05, 0) is 64.1 Å². The summed E-state index contributed by atoms with van der Waals surface area (Å²) in [6.07, 6.45) is 3.94. The van der Waals surface area contributed by atoms with E-state index in [1.54, 1.807) is 17.7 Å². The van der Waals surface area contributed by atoms with Crippen LogP contribution in [0, 0.1) is 0 Å². The number of fused-ring (bicyclic) bond motifs is 1. The van der Waals surface area contributed by atoms with E-state index in [9.17, 15) is 4.79 Å². The van der Waals surface area contributed by atoms with Crippen LogP contribution in [0.3, 0.4) is 0 Å². The number of thiophene rings is 1.